The number of hydrogen-bond donors (Lipinski definition) is 2. The molecule has 126 valence electrons. The Balaban J connectivity index is 1.39. The monoisotopic (exact) mass is 345 g/mol. The average molecular weight is 345 g/mol. The summed E-state index contributed by atoms with van der Waals surface area (Å²) in [5.41, 5.74) is 0. The zero-order valence-electron chi connectivity index (χ0n) is 13.3. The van der Waals surface area contributed by atoms with Crippen molar-refractivity contribution in [3.05, 3.63) is 35.5 Å². The van der Waals surface area contributed by atoms with Gasteiger partial charge in [0.25, 0.3) is 5.91 Å². The number of thiazole rings is 1. The third-order valence-corrected chi connectivity index (χ3v) is 5.43. The van der Waals surface area contributed by atoms with Crippen molar-refractivity contribution in [2.45, 2.75) is 37.4 Å². The normalized spacial score (nSPS) is 24.8. The second-order valence-corrected chi connectivity index (χ2v) is 7.12. The summed E-state index contributed by atoms with van der Waals surface area (Å²) in [7, 11) is 1.61. The van der Waals surface area contributed by atoms with E-state index in [2.05, 4.69) is 15.6 Å². The summed E-state index contributed by atoms with van der Waals surface area (Å²) < 4.78 is 10.9. The highest BCUT2D eigenvalue weighted by molar-refractivity contribution is 7.15. The predicted molar refractivity (Wildman–Crippen MR) is 91.0 cm³/mol. The Labute approximate surface area is 144 Å². The van der Waals surface area contributed by atoms with Gasteiger partial charge in [-0.1, -0.05) is 17.4 Å². The van der Waals surface area contributed by atoms with Crippen molar-refractivity contribution in [3.63, 3.8) is 0 Å². The van der Waals surface area contributed by atoms with Gasteiger partial charge in [0.1, 0.15) is 11.5 Å². The number of amides is 1. The number of ether oxygens (including phenoxy) is 2. The van der Waals surface area contributed by atoms with Gasteiger partial charge in [0, 0.05) is 24.2 Å². The van der Waals surface area contributed by atoms with E-state index >= 15 is 0 Å². The van der Waals surface area contributed by atoms with Crippen LogP contribution in [0.4, 0.5) is 0 Å². The van der Waals surface area contributed by atoms with Crippen molar-refractivity contribution in [1.29, 1.82) is 0 Å². The van der Waals surface area contributed by atoms with Gasteiger partial charge in [0.05, 0.1) is 13.3 Å². The Bertz CT molecular complexity index is 748. The van der Waals surface area contributed by atoms with E-state index in [9.17, 15) is 4.79 Å². The molecular weight excluding hydrogens is 326 g/mol. The molecule has 0 aliphatic carbocycles. The number of rotatable bonds is 5. The highest BCUT2D eigenvalue weighted by Crippen LogP contribution is 2.31. The van der Waals surface area contributed by atoms with Crippen molar-refractivity contribution in [2.75, 3.05) is 7.11 Å². The first kappa shape index (κ1) is 15.4. The van der Waals surface area contributed by atoms with Crippen molar-refractivity contribution in [3.8, 4) is 16.6 Å². The van der Waals surface area contributed by atoms with Crippen molar-refractivity contribution in [1.82, 2.24) is 15.6 Å². The standard InChI is InChI=1S/C17H19N3O3S/c1-22-11-3-2-4-12(8-11)23-15-9-18-17(24-15)16(21)20-14-7-10-5-6-13(14)19-10/h2-4,8-10,13-14,19H,5-7H2,1H3,(H,20,21)/t10-,13+,14-/m1/s1. The SMILES string of the molecule is COc1cccc(Oc2cnc(C(=O)N[C@@H]3C[C@H]4CC[C@@H]3N4)s2)c1. The van der Waals surface area contributed by atoms with E-state index in [0.29, 0.717) is 27.9 Å². The maximum Gasteiger partial charge on any atom is 0.280 e. The molecule has 2 bridgehead atoms. The number of nitrogens with one attached hydrogen (secondary N) is 2. The zero-order valence-corrected chi connectivity index (χ0v) is 14.1. The quantitative estimate of drug-likeness (QED) is 0.871. The van der Waals surface area contributed by atoms with E-state index < -0.39 is 0 Å². The summed E-state index contributed by atoms with van der Waals surface area (Å²) in [6.45, 7) is 0. The maximum absolute atomic E-state index is 12.4. The fourth-order valence-electron chi connectivity index (χ4n) is 3.41. The lowest BCUT2D eigenvalue weighted by Crippen LogP contribution is -2.42. The number of fused-ring (bicyclic) bond motifs is 2. The number of nitrogens with zero attached hydrogens (tertiary/aromatic N) is 1. The largest absolute Gasteiger partial charge is 0.497 e. The van der Waals surface area contributed by atoms with Crippen LogP contribution in [0.3, 0.4) is 0 Å². The lowest BCUT2D eigenvalue weighted by Gasteiger charge is -2.20. The molecule has 1 aromatic heterocycles. The number of carbonyl (C=O) groups is 1. The molecular formula is C17H19N3O3S. The molecule has 2 saturated heterocycles. The molecule has 3 atom stereocenters. The molecule has 4 rings (SSSR count). The van der Waals surface area contributed by atoms with Gasteiger partial charge in [-0.15, -0.1) is 0 Å². The molecule has 0 unspecified atom stereocenters. The Hall–Kier alpha value is -2.12. The number of methoxy groups -OCH3 is 1. The first-order valence-electron chi connectivity index (χ1n) is 8.06. The van der Waals surface area contributed by atoms with Gasteiger partial charge in [-0.3, -0.25) is 4.79 Å². The van der Waals surface area contributed by atoms with Crippen LogP contribution in [0.2, 0.25) is 0 Å². The first-order chi connectivity index (χ1) is 11.7. The van der Waals surface area contributed by atoms with Crippen molar-refractivity contribution >= 4 is 17.2 Å². The summed E-state index contributed by atoms with van der Waals surface area (Å²) in [4.78, 5) is 16.6. The smallest absolute Gasteiger partial charge is 0.280 e. The molecule has 1 amide bonds. The van der Waals surface area contributed by atoms with Gasteiger partial charge in [0.15, 0.2) is 5.01 Å². The van der Waals surface area contributed by atoms with E-state index in [1.165, 1.54) is 17.8 Å². The van der Waals surface area contributed by atoms with Gasteiger partial charge < -0.3 is 20.1 Å². The molecule has 2 aliphatic rings. The van der Waals surface area contributed by atoms with Gasteiger partial charge in [-0.05, 0) is 31.4 Å². The Morgan fingerprint density at radius 1 is 1.38 bits per heavy atom. The second-order valence-electron chi connectivity index (χ2n) is 6.13. The van der Waals surface area contributed by atoms with E-state index in [1.54, 1.807) is 19.4 Å². The van der Waals surface area contributed by atoms with Gasteiger partial charge >= 0.3 is 0 Å². The van der Waals surface area contributed by atoms with Crippen molar-refractivity contribution in [2.24, 2.45) is 0 Å². The van der Waals surface area contributed by atoms with Crippen LogP contribution in [0.1, 0.15) is 29.1 Å². The first-order valence-corrected chi connectivity index (χ1v) is 8.87. The fraction of sp³-hybridized carbons (Fsp3) is 0.412. The van der Waals surface area contributed by atoms with Crippen LogP contribution >= 0.6 is 11.3 Å². The fourth-order valence-corrected chi connectivity index (χ4v) is 4.10. The molecule has 2 N–H and O–H groups in total. The summed E-state index contributed by atoms with van der Waals surface area (Å²) in [5, 5.41) is 7.62. The topological polar surface area (TPSA) is 72.5 Å². The van der Waals surface area contributed by atoms with Crippen LogP contribution in [0.5, 0.6) is 16.6 Å². The van der Waals surface area contributed by atoms with Gasteiger partial charge in [-0.2, -0.15) is 0 Å². The predicted octanol–water partition coefficient (Wildman–Crippen LogP) is 2.57. The third kappa shape index (κ3) is 3.09. The highest BCUT2D eigenvalue weighted by Gasteiger charge is 2.39. The Morgan fingerprint density at radius 2 is 2.25 bits per heavy atom. The minimum Gasteiger partial charge on any atom is -0.497 e. The summed E-state index contributed by atoms with van der Waals surface area (Å²) >= 11 is 1.25. The third-order valence-electron chi connectivity index (χ3n) is 4.55. The van der Waals surface area contributed by atoms with Gasteiger partial charge in [-0.25, -0.2) is 4.98 Å². The Morgan fingerprint density at radius 3 is 3.00 bits per heavy atom. The summed E-state index contributed by atoms with van der Waals surface area (Å²) in [5.74, 6) is 1.25. The van der Waals surface area contributed by atoms with Crippen LogP contribution in [0.25, 0.3) is 0 Å². The lowest BCUT2D eigenvalue weighted by atomic mass is 9.95. The van der Waals surface area contributed by atoms with Crippen LogP contribution < -0.4 is 20.1 Å². The molecule has 0 spiro atoms. The molecule has 1 aromatic carbocycles. The maximum atomic E-state index is 12.4. The summed E-state index contributed by atoms with van der Waals surface area (Å²) in [6.07, 6.45) is 4.94. The van der Waals surface area contributed by atoms with Crippen molar-refractivity contribution < 1.29 is 14.3 Å². The number of carbonyl (C=O) groups excluding carboxylic acids is 1. The summed E-state index contributed by atoms with van der Waals surface area (Å²) in [6, 6.07) is 8.51. The van der Waals surface area contributed by atoms with Crippen LogP contribution in [0, 0.1) is 0 Å². The van der Waals surface area contributed by atoms with Gasteiger partial charge in [0.2, 0.25) is 5.06 Å². The minimum atomic E-state index is -0.125. The average Bonchev–Trinajstić information content (AvgIpc) is 3.31. The van der Waals surface area contributed by atoms with E-state index in [1.807, 2.05) is 18.2 Å². The lowest BCUT2D eigenvalue weighted by molar-refractivity contribution is 0.0930. The number of hydrogen-bond acceptors (Lipinski definition) is 6. The zero-order chi connectivity index (χ0) is 16.5. The molecule has 2 aliphatic heterocycles. The number of aromatic nitrogens is 1. The molecule has 7 heteroatoms. The molecule has 0 radical (unpaired) electrons. The highest BCUT2D eigenvalue weighted by atomic mass is 32.1. The molecule has 6 nitrogen and oxygen atoms in total. The van der Waals surface area contributed by atoms with Crippen LogP contribution in [0.15, 0.2) is 30.5 Å². The van der Waals surface area contributed by atoms with E-state index in [-0.39, 0.29) is 11.9 Å². The van der Waals surface area contributed by atoms with E-state index in [0.717, 1.165) is 18.6 Å². The van der Waals surface area contributed by atoms with E-state index in [4.69, 9.17) is 9.47 Å². The second kappa shape index (κ2) is 6.41. The molecule has 3 heterocycles. The van der Waals surface area contributed by atoms with Crippen LogP contribution in [-0.2, 0) is 0 Å². The van der Waals surface area contributed by atoms with Crippen LogP contribution in [-0.4, -0.2) is 36.1 Å². The number of benzene rings is 1. The molecule has 0 saturated carbocycles. The minimum absolute atomic E-state index is 0.125. The molecule has 2 aromatic rings. The molecule has 2 fully saturated rings. The Kier molecular flexibility index (Phi) is 4.12. The molecule has 24 heavy (non-hydrogen) atoms.